The molecule has 6 heteroatoms. The molecule has 1 aliphatic heterocycles. The lowest BCUT2D eigenvalue weighted by Crippen LogP contribution is -2.46. The number of amides is 1. The van der Waals surface area contributed by atoms with Gasteiger partial charge in [-0.3, -0.25) is 4.79 Å². The van der Waals surface area contributed by atoms with Crippen LogP contribution in [0.1, 0.15) is 19.2 Å². The van der Waals surface area contributed by atoms with Crippen molar-refractivity contribution in [3.8, 4) is 11.4 Å². The third-order valence-electron chi connectivity index (χ3n) is 4.04. The fourth-order valence-electron chi connectivity index (χ4n) is 2.79. The van der Waals surface area contributed by atoms with Crippen molar-refractivity contribution in [2.75, 3.05) is 19.7 Å². The molecule has 1 aliphatic rings. The lowest BCUT2D eigenvalue weighted by Gasteiger charge is -2.32. The molecule has 1 aromatic heterocycles. The molecule has 0 radical (unpaired) electrons. The Bertz CT molecular complexity index is 668. The summed E-state index contributed by atoms with van der Waals surface area (Å²) in [6.07, 6.45) is 1.06. The summed E-state index contributed by atoms with van der Waals surface area (Å²) in [5.74, 6) is 1.47. The molecule has 1 saturated heterocycles. The molecule has 0 bridgehead atoms. The van der Waals surface area contributed by atoms with Crippen molar-refractivity contribution < 1.29 is 9.53 Å². The summed E-state index contributed by atoms with van der Waals surface area (Å²) in [6.45, 7) is 6.03. The molecule has 1 amide bonds. The lowest BCUT2D eigenvalue weighted by atomic mass is 10.2. The van der Waals surface area contributed by atoms with Gasteiger partial charge in [0, 0.05) is 18.7 Å². The maximum atomic E-state index is 12.6. The minimum absolute atomic E-state index is 0.0637. The maximum Gasteiger partial charge on any atom is 0.244 e. The van der Waals surface area contributed by atoms with E-state index in [9.17, 15) is 4.79 Å². The van der Waals surface area contributed by atoms with E-state index in [1.165, 1.54) is 0 Å². The van der Waals surface area contributed by atoms with Crippen molar-refractivity contribution in [3.63, 3.8) is 0 Å². The monoisotopic (exact) mass is 314 g/mol. The van der Waals surface area contributed by atoms with Gasteiger partial charge in [0.05, 0.1) is 12.7 Å². The highest BCUT2D eigenvalue weighted by atomic mass is 16.5. The van der Waals surface area contributed by atoms with Gasteiger partial charge in [-0.1, -0.05) is 37.3 Å². The Labute approximate surface area is 136 Å². The Hall–Kier alpha value is -2.21. The van der Waals surface area contributed by atoms with Gasteiger partial charge in [0.25, 0.3) is 0 Å². The minimum atomic E-state index is 0.0637. The number of ether oxygens (including phenoxy) is 1. The first kappa shape index (κ1) is 15.7. The van der Waals surface area contributed by atoms with Crippen LogP contribution in [0.3, 0.4) is 0 Å². The number of aromatic nitrogens is 3. The molecule has 2 aromatic rings. The normalized spacial score (nSPS) is 18.2. The van der Waals surface area contributed by atoms with Crippen LogP contribution in [-0.4, -0.2) is 51.4 Å². The van der Waals surface area contributed by atoms with Gasteiger partial charge in [0.2, 0.25) is 5.91 Å². The summed E-state index contributed by atoms with van der Waals surface area (Å²) in [4.78, 5) is 18.9. The van der Waals surface area contributed by atoms with E-state index in [4.69, 9.17) is 4.74 Å². The highest BCUT2D eigenvalue weighted by Crippen LogP contribution is 2.17. The summed E-state index contributed by atoms with van der Waals surface area (Å²) in [5.41, 5.74) is 0.967. The molecule has 0 spiro atoms. The third kappa shape index (κ3) is 3.59. The van der Waals surface area contributed by atoms with Crippen LogP contribution in [-0.2, 0) is 16.1 Å². The first-order chi connectivity index (χ1) is 11.2. The molecule has 3 rings (SSSR count). The van der Waals surface area contributed by atoms with Crippen LogP contribution < -0.4 is 0 Å². The smallest absolute Gasteiger partial charge is 0.244 e. The first-order valence-corrected chi connectivity index (χ1v) is 8.03. The maximum absolute atomic E-state index is 12.6. The van der Waals surface area contributed by atoms with E-state index >= 15 is 0 Å². The van der Waals surface area contributed by atoms with Crippen LogP contribution in [0.15, 0.2) is 30.3 Å². The van der Waals surface area contributed by atoms with E-state index in [1.54, 1.807) is 4.68 Å². The second-order valence-electron chi connectivity index (χ2n) is 5.75. The van der Waals surface area contributed by atoms with Crippen LogP contribution in [0.4, 0.5) is 0 Å². The number of hydrogen-bond acceptors (Lipinski definition) is 4. The quantitative estimate of drug-likeness (QED) is 0.865. The van der Waals surface area contributed by atoms with Gasteiger partial charge < -0.3 is 9.64 Å². The molecule has 0 saturated carbocycles. The van der Waals surface area contributed by atoms with Crippen LogP contribution in [0.2, 0.25) is 0 Å². The number of morpholine rings is 1. The van der Waals surface area contributed by atoms with E-state index in [0.717, 1.165) is 17.8 Å². The van der Waals surface area contributed by atoms with Gasteiger partial charge >= 0.3 is 0 Å². The average Bonchev–Trinajstić information content (AvgIpc) is 2.96. The van der Waals surface area contributed by atoms with Gasteiger partial charge in [0.1, 0.15) is 12.4 Å². The van der Waals surface area contributed by atoms with E-state index in [-0.39, 0.29) is 18.6 Å². The summed E-state index contributed by atoms with van der Waals surface area (Å²) >= 11 is 0. The fourth-order valence-corrected chi connectivity index (χ4v) is 2.79. The van der Waals surface area contributed by atoms with E-state index in [0.29, 0.717) is 25.5 Å². The molecule has 0 N–H and O–H groups in total. The Morgan fingerprint density at radius 1 is 1.35 bits per heavy atom. The molecule has 1 aromatic carbocycles. The first-order valence-electron chi connectivity index (χ1n) is 8.03. The Kier molecular flexibility index (Phi) is 4.71. The number of hydrogen-bond donors (Lipinski definition) is 0. The van der Waals surface area contributed by atoms with Gasteiger partial charge in [-0.05, 0) is 13.3 Å². The number of carbonyl (C=O) groups is 1. The van der Waals surface area contributed by atoms with Crippen LogP contribution in [0.5, 0.6) is 0 Å². The van der Waals surface area contributed by atoms with Crippen molar-refractivity contribution in [2.24, 2.45) is 0 Å². The van der Waals surface area contributed by atoms with Crippen LogP contribution >= 0.6 is 0 Å². The van der Waals surface area contributed by atoms with Crippen molar-refractivity contribution in [1.29, 1.82) is 0 Å². The largest absolute Gasteiger partial charge is 0.375 e. The fraction of sp³-hybridized carbons (Fsp3) is 0.471. The highest BCUT2D eigenvalue weighted by molar-refractivity contribution is 5.76. The zero-order valence-electron chi connectivity index (χ0n) is 13.6. The van der Waals surface area contributed by atoms with Gasteiger partial charge in [-0.2, -0.15) is 5.10 Å². The molecular formula is C17H22N4O2. The zero-order chi connectivity index (χ0) is 16.2. The van der Waals surface area contributed by atoms with Crippen molar-refractivity contribution in [1.82, 2.24) is 19.7 Å². The van der Waals surface area contributed by atoms with Gasteiger partial charge in [-0.25, -0.2) is 9.67 Å². The molecule has 2 heterocycles. The predicted molar refractivity (Wildman–Crippen MR) is 86.8 cm³/mol. The summed E-state index contributed by atoms with van der Waals surface area (Å²) in [7, 11) is 0. The van der Waals surface area contributed by atoms with Gasteiger partial charge in [0.15, 0.2) is 5.82 Å². The number of rotatable bonds is 4. The summed E-state index contributed by atoms with van der Waals surface area (Å²) in [5, 5.41) is 4.39. The SMILES string of the molecule is CC[C@@H]1CN(C(=O)Cn2nc(C)nc2-c2ccccc2)CCO1. The molecular weight excluding hydrogens is 292 g/mol. The Morgan fingerprint density at radius 2 is 2.13 bits per heavy atom. The topological polar surface area (TPSA) is 60.2 Å². The number of carbonyl (C=O) groups excluding carboxylic acids is 1. The second-order valence-corrected chi connectivity index (χ2v) is 5.75. The van der Waals surface area contributed by atoms with Gasteiger partial charge in [-0.15, -0.1) is 0 Å². The summed E-state index contributed by atoms with van der Waals surface area (Å²) in [6, 6.07) is 9.83. The standard InChI is InChI=1S/C17H22N4O2/c1-3-15-11-20(9-10-23-15)16(22)12-21-17(18-13(2)19-21)14-7-5-4-6-8-14/h4-8,15H,3,9-12H2,1-2H3/t15-/m1/s1. The second kappa shape index (κ2) is 6.91. The molecule has 122 valence electrons. The number of benzene rings is 1. The lowest BCUT2D eigenvalue weighted by molar-refractivity contribution is -0.139. The summed E-state index contributed by atoms with van der Waals surface area (Å²) < 4.78 is 7.32. The van der Waals surface area contributed by atoms with Crippen molar-refractivity contribution in [3.05, 3.63) is 36.2 Å². The van der Waals surface area contributed by atoms with E-state index in [2.05, 4.69) is 17.0 Å². The van der Waals surface area contributed by atoms with Crippen LogP contribution in [0, 0.1) is 6.92 Å². The number of aryl methyl sites for hydroxylation is 1. The Morgan fingerprint density at radius 3 is 2.87 bits per heavy atom. The van der Waals surface area contributed by atoms with Crippen molar-refractivity contribution >= 4 is 5.91 Å². The highest BCUT2D eigenvalue weighted by Gasteiger charge is 2.24. The molecule has 0 unspecified atom stereocenters. The minimum Gasteiger partial charge on any atom is -0.375 e. The van der Waals surface area contributed by atoms with E-state index < -0.39 is 0 Å². The van der Waals surface area contributed by atoms with Crippen molar-refractivity contribution in [2.45, 2.75) is 32.9 Å². The Balaban J connectivity index is 1.76. The average molecular weight is 314 g/mol. The predicted octanol–water partition coefficient (Wildman–Crippen LogP) is 1.89. The molecule has 0 aliphatic carbocycles. The number of nitrogens with zero attached hydrogens (tertiary/aromatic N) is 4. The molecule has 6 nitrogen and oxygen atoms in total. The zero-order valence-corrected chi connectivity index (χ0v) is 13.6. The van der Waals surface area contributed by atoms with E-state index in [1.807, 2.05) is 42.2 Å². The molecule has 1 atom stereocenters. The third-order valence-corrected chi connectivity index (χ3v) is 4.04. The van der Waals surface area contributed by atoms with Crippen LogP contribution in [0.25, 0.3) is 11.4 Å². The molecule has 23 heavy (non-hydrogen) atoms. The molecule has 1 fully saturated rings.